The maximum atomic E-state index is 12.1. The molecule has 1 unspecified atom stereocenters. The minimum Gasteiger partial charge on any atom is -0.388 e. The molecular weight excluding hydrogens is 335 g/mol. The minimum atomic E-state index is -0.473. The molecule has 1 aliphatic heterocycles. The summed E-state index contributed by atoms with van der Waals surface area (Å²) in [5.74, 6) is 0.396. The summed E-state index contributed by atoms with van der Waals surface area (Å²) in [6.07, 6.45) is 3.61. The predicted octanol–water partition coefficient (Wildman–Crippen LogP) is 2.79. The van der Waals surface area contributed by atoms with E-state index in [9.17, 15) is 9.90 Å². The van der Waals surface area contributed by atoms with E-state index in [-0.39, 0.29) is 24.2 Å². The van der Waals surface area contributed by atoms with E-state index in [2.05, 4.69) is 5.32 Å². The van der Waals surface area contributed by atoms with Crippen LogP contribution in [0.5, 0.6) is 0 Å². The van der Waals surface area contributed by atoms with E-state index < -0.39 is 6.10 Å². The topological polar surface area (TPSA) is 52.6 Å². The molecule has 1 saturated carbocycles. The van der Waals surface area contributed by atoms with Crippen molar-refractivity contribution in [2.75, 3.05) is 19.6 Å². The molecule has 2 fully saturated rings. The molecule has 1 aromatic carbocycles. The summed E-state index contributed by atoms with van der Waals surface area (Å²) in [7, 11) is 0. The normalized spacial score (nSPS) is 20.0. The second kappa shape index (κ2) is 8.34. The third-order valence-electron chi connectivity index (χ3n) is 4.67. The molecule has 0 spiro atoms. The van der Waals surface area contributed by atoms with Gasteiger partial charge in [-0.2, -0.15) is 0 Å². The molecule has 1 heterocycles. The summed E-state index contributed by atoms with van der Waals surface area (Å²) in [6, 6.07) is 7.94. The van der Waals surface area contributed by atoms with Gasteiger partial charge in [0.25, 0.3) is 0 Å². The molecule has 0 aromatic heterocycles. The van der Waals surface area contributed by atoms with Gasteiger partial charge < -0.3 is 15.3 Å². The summed E-state index contributed by atoms with van der Waals surface area (Å²) in [5, 5.41) is 14.4. The number of nitrogens with zero attached hydrogens (tertiary/aromatic N) is 1. The van der Waals surface area contributed by atoms with E-state index >= 15 is 0 Å². The Morgan fingerprint density at radius 3 is 2.39 bits per heavy atom. The van der Waals surface area contributed by atoms with Crippen molar-refractivity contribution in [1.29, 1.82) is 0 Å². The third-order valence-corrected chi connectivity index (χ3v) is 4.92. The van der Waals surface area contributed by atoms with Gasteiger partial charge in [-0.25, -0.2) is 0 Å². The van der Waals surface area contributed by atoms with E-state index in [0.29, 0.717) is 17.6 Å². The van der Waals surface area contributed by atoms with Crippen LogP contribution < -0.4 is 5.32 Å². The van der Waals surface area contributed by atoms with Crippen molar-refractivity contribution in [3.05, 3.63) is 34.9 Å². The number of amides is 1. The third kappa shape index (κ3) is 5.08. The summed E-state index contributed by atoms with van der Waals surface area (Å²) in [4.78, 5) is 14.0. The van der Waals surface area contributed by atoms with Gasteiger partial charge in [-0.05, 0) is 49.3 Å². The first kappa shape index (κ1) is 18.5. The van der Waals surface area contributed by atoms with Gasteiger partial charge in [0, 0.05) is 24.2 Å². The Kier molecular flexibility index (Phi) is 6.72. The highest BCUT2D eigenvalue weighted by molar-refractivity contribution is 6.30. The van der Waals surface area contributed by atoms with E-state index in [1.807, 2.05) is 29.2 Å². The molecule has 1 saturated heterocycles. The summed E-state index contributed by atoms with van der Waals surface area (Å²) < 4.78 is 0. The molecule has 0 bridgehead atoms. The largest absolute Gasteiger partial charge is 0.388 e. The number of hydrogen-bond acceptors (Lipinski definition) is 3. The Balaban J connectivity index is 0.00000192. The van der Waals surface area contributed by atoms with Crippen LogP contribution >= 0.6 is 24.0 Å². The molecule has 1 aromatic rings. The van der Waals surface area contributed by atoms with Crippen molar-refractivity contribution in [3.8, 4) is 0 Å². The fraction of sp³-hybridized carbons (Fsp3) is 0.588. The van der Waals surface area contributed by atoms with E-state index in [1.165, 1.54) is 12.8 Å². The number of halogens is 2. The molecular formula is C17H24Cl2N2O2. The summed E-state index contributed by atoms with van der Waals surface area (Å²) in [6.45, 7) is 1.93. The lowest BCUT2D eigenvalue weighted by molar-refractivity contribution is -0.132. The van der Waals surface area contributed by atoms with Crippen LogP contribution in [-0.4, -0.2) is 41.6 Å². The van der Waals surface area contributed by atoms with E-state index in [1.54, 1.807) is 0 Å². The smallest absolute Gasteiger partial charge is 0.236 e. The number of rotatable bonds is 5. The van der Waals surface area contributed by atoms with Crippen molar-refractivity contribution < 1.29 is 9.90 Å². The highest BCUT2D eigenvalue weighted by atomic mass is 35.5. The standard InChI is InChI=1S/C17H23ClN2O2.ClH/c18-14-3-1-12(2-4-14)17(22)13-7-9-20(10-8-13)16(21)11-19-15-5-6-15;/h1-4,13,15,17,19,22H,5-11H2;1H. The predicted molar refractivity (Wildman–Crippen MR) is 94.0 cm³/mol. The molecule has 128 valence electrons. The van der Waals surface area contributed by atoms with Gasteiger partial charge in [0.2, 0.25) is 5.91 Å². The zero-order valence-electron chi connectivity index (χ0n) is 13.1. The number of carbonyl (C=O) groups excluding carboxylic acids is 1. The van der Waals surface area contributed by atoms with Crippen molar-refractivity contribution in [1.82, 2.24) is 10.2 Å². The first-order chi connectivity index (χ1) is 10.6. The van der Waals surface area contributed by atoms with Crippen molar-refractivity contribution in [2.24, 2.45) is 5.92 Å². The Morgan fingerprint density at radius 1 is 1.22 bits per heavy atom. The second-order valence-corrected chi connectivity index (χ2v) is 6.81. The molecule has 6 heteroatoms. The summed E-state index contributed by atoms with van der Waals surface area (Å²) in [5.41, 5.74) is 0.907. The fourth-order valence-electron chi connectivity index (χ4n) is 3.03. The number of piperidine rings is 1. The van der Waals surface area contributed by atoms with Crippen LogP contribution in [0, 0.1) is 5.92 Å². The van der Waals surface area contributed by atoms with Gasteiger partial charge in [0.05, 0.1) is 12.6 Å². The highest BCUT2D eigenvalue weighted by Crippen LogP contribution is 2.31. The van der Waals surface area contributed by atoms with Gasteiger partial charge in [-0.1, -0.05) is 23.7 Å². The molecule has 3 rings (SSSR count). The van der Waals surface area contributed by atoms with Gasteiger partial charge in [-0.15, -0.1) is 12.4 Å². The molecule has 4 nitrogen and oxygen atoms in total. The Hall–Kier alpha value is -0.810. The quantitative estimate of drug-likeness (QED) is 0.850. The monoisotopic (exact) mass is 358 g/mol. The van der Waals surface area contributed by atoms with Crippen LogP contribution in [-0.2, 0) is 4.79 Å². The zero-order valence-corrected chi connectivity index (χ0v) is 14.7. The molecule has 2 aliphatic rings. The second-order valence-electron chi connectivity index (χ2n) is 6.37. The van der Waals surface area contributed by atoms with Crippen LogP contribution in [0.15, 0.2) is 24.3 Å². The molecule has 1 aliphatic carbocycles. The Bertz CT molecular complexity index is 512. The van der Waals surface area contributed by atoms with Crippen LogP contribution in [0.4, 0.5) is 0 Å². The number of aliphatic hydroxyl groups is 1. The van der Waals surface area contributed by atoms with E-state index in [4.69, 9.17) is 11.6 Å². The molecule has 23 heavy (non-hydrogen) atoms. The lowest BCUT2D eigenvalue weighted by atomic mass is 9.87. The van der Waals surface area contributed by atoms with Crippen molar-refractivity contribution in [3.63, 3.8) is 0 Å². The minimum absolute atomic E-state index is 0. The van der Waals surface area contributed by atoms with Crippen molar-refractivity contribution >= 4 is 29.9 Å². The number of nitrogens with one attached hydrogen (secondary N) is 1. The SMILES string of the molecule is Cl.O=C(CNC1CC1)N1CCC(C(O)c2ccc(Cl)cc2)CC1. The maximum absolute atomic E-state index is 12.1. The van der Waals surface area contributed by atoms with Gasteiger partial charge in [-0.3, -0.25) is 4.79 Å². The average molecular weight is 359 g/mol. The Morgan fingerprint density at radius 2 is 1.83 bits per heavy atom. The van der Waals surface area contributed by atoms with Crippen LogP contribution in [0.1, 0.15) is 37.4 Å². The molecule has 1 amide bonds. The highest BCUT2D eigenvalue weighted by Gasteiger charge is 2.29. The number of carbonyl (C=O) groups is 1. The van der Waals surface area contributed by atoms with Gasteiger partial charge >= 0.3 is 0 Å². The lowest BCUT2D eigenvalue weighted by Crippen LogP contribution is -2.44. The molecule has 1 atom stereocenters. The van der Waals surface area contributed by atoms with Crippen LogP contribution in [0.3, 0.4) is 0 Å². The maximum Gasteiger partial charge on any atom is 0.236 e. The molecule has 0 radical (unpaired) electrons. The first-order valence-electron chi connectivity index (χ1n) is 8.08. The van der Waals surface area contributed by atoms with Crippen molar-refractivity contribution in [2.45, 2.75) is 37.8 Å². The number of aliphatic hydroxyl groups excluding tert-OH is 1. The van der Waals surface area contributed by atoms with Crippen LogP contribution in [0.25, 0.3) is 0 Å². The average Bonchev–Trinajstić information content (AvgIpc) is 3.37. The first-order valence-corrected chi connectivity index (χ1v) is 8.46. The van der Waals surface area contributed by atoms with Gasteiger partial charge in [0.1, 0.15) is 0 Å². The molecule has 2 N–H and O–H groups in total. The van der Waals surface area contributed by atoms with Crippen LogP contribution in [0.2, 0.25) is 5.02 Å². The lowest BCUT2D eigenvalue weighted by Gasteiger charge is -2.34. The number of likely N-dealkylation sites (tertiary alicyclic amines) is 1. The fourth-order valence-corrected chi connectivity index (χ4v) is 3.15. The number of hydrogen-bond donors (Lipinski definition) is 2. The van der Waals surface area contributed by atoms with Gasteiger partial charge in [0.15, 0.2) is 0 Å². The Labute approximate surface area is 148 Å². The zero-order chi connectivity index (χ0) is 15.5. The summed E-state index contributed by atoms with van der Waals surface area (Å²) >= 11 is 5.88. The van der Waals surface area contributed by atoms with E-state index in [0.717, 1.165) is 31.5 Å². The number of benzene rings is 1.